The first-order valence-corrected chi connectivity index (χ1v) is 18.4. The number of anilines is 2. The second kappa shape index (κ2) is 18.5. The zero-order valence-corrected chi connectivity index (χ0v) is 30.4. The maximum Gasteiger partial charge on any atom is 0.435 e. The number of imidazole rings is 1. The van der Waals surface area contributed by atoms with Crippen molar-refractivity contribution in [2.45, 2.75) is 50.5 Å². The monoisotopic (exact) mass is 721 g/mol. The molecular formula is C39H43N7O5S. The molecule has 0 saturated carbocycles. The number of amidine groups is 1. The van der Waals surface area contributed by atoms with Gasteiger partial charge in [-0.25, -0.2) is 14.8 Å². The number of ether oxygens (including phenoxy) is 2. The van der Waals surface area contributed by atoms with Crippen LogP contribution < -0.4 is 20.7 Å². The molecule has 0 aliphatic heterocycles. The van der Waals surface area contributed by atoms with Gasteiger partial charge < -0.3 is 25.1 Å². The molecule has 3 aromatic carbocycles. The molecule has 13 heteroatoms. The smallest absolute Gasteiger partial charge is 0.435 e. The van der Waals surface area contributed by atoms with Gasteiger partial charge >= 0.3 is 12.1 Å². The number of pyridine rings is 1. The van der Waals surface area contributed by atoms with Crippen LogP contribution in [0.5, 0.6) is 5.75 Å². The summed E-state index contributed by atoms with van der Waals surface area (Å²) in [5, 5.41) is 3.36. The van der Waals surface area contributed by atoms with E-state index in [0.29, 0.717) is 41.4 Å². The van der Waals surface area contributed by atoms with Crippen molar-refractivity contribution in [2.75, 3.05) is 29.6 Å². The molecule has 0 unspecified atom stereocenters. The summed E-state index contributed by atoms with van der Waals surface area (Å²) in [5.41, 5.74) is 9.37. The minimum Gasteiger partial charge on any atom is -0.448 e. The number of rotatable bonds is 16. The van der Waals surface area contributed by atoms with Crippen molar-refractivity contribution >= 4 is 58.1 Å². The lowest BCUT2D eigenvalue weighted by atomic mass is 10.1. The van der Waals surface area contributed by atoms with Crippen molar-refractivity contribution in [3.63, 3.8) is 0 Å². The minimum absolute atomic E-state index is 0.0290. The second-order valence-corrected chi connectivity index (χ2v) is 12.8. The van der Waals surface area contributed by atoms with E-state index in [1.165, 1.54) is 16.7 Å². The van der Waals surface area contributed by atoms with Gasteiger partial charge in [-0.15, -0.1) is 11.8 Å². The quantitative estimate of drug-likeness (QED) is 0.0264. The highest BCUT2D eigenvalue weighted by Gasteiger charge is 2.22. The highest BCUT2D eigenvalue weighted by atomic mass is 32.2. The summed E-state index contributed by atoms with van der Waals surface area (Å²) in [6.07, 6.45) is 6.82. The van der Waals surface area contributed by atoms with Gasteiger partial charge in [0, 0.05) is 41.5 Å². The van der Waals surface area contributed by atoms with Gasteiger partial charge in [0.25, 0.3) is 5.91 Å². The van der Waals surface area contributed by atoms with E-state index < -0.39 is 12.1 Å². The third-order valence-electron chi connectivity index (χ3n) is 8.29. The highest BCUT2D eigenvalue weighted by molar-refractivity contribution is 7.98. The van der Waals surface area contributed by atoms with Gasteiger partial charge in [0.05, 0.1) is 30.6 Å². The Labute approximate surface area is 307 Å². The van der Waals surface area contributed by atoms with Crippen molar-refractivity contribution in [3.8, 4) is 5.75 Å². The van der Waals surface area contributed by atoms with Crippen molar-refractivity contribution < 1.29 is 23.9 Å². The summed E-state index contributed by atoms with van der Waals surface area (Å²) in [4.78, 5) is 54.2. The number of aromatic nitrogens is 3. The number of unbranched alkanes of at least 4 members (excludes halogenated alkanes) is 3. The molecule has 0 saturated heterocycles. The van der Waals surface area contributed by atoms with Gasteiger partial charge in [0.2, 0.25) is 0 Å². The maximum absolute atomic E-state index is 13.9. The Hall–Kier alpha value is -5.69. The number of carbonyl (C=O) groups excluding carboxylic acids is 3. The van der Waals surface area contributed by atoms with Crippen LogP contribution in [-0.4, -0.2) is 57.7 Å². The Balaban J connectivity index is 1.23. The lowest BCUT2D eigenvalue weighted by Gasteiger charge is -2.21. The predicted molar refractivity (Wildman–Crippen MR) is 205 cm³/mol. The van der Waals surface area contributed by atoms with Crippen LogP contribution in [0.1, 0.15) is 60.8 Å². The molecule has 12 nitrogen and oxygen atoms in total. The number of benzene rings is 3. The van der Waals surface area contributed by atoms with Gasteiger partial charge in [-0.2, -0.15) is 4.99 Å². The SMILES string of the molecule is CCCCCCOC(=O)/N=C(\N)c1ccc(NCc2nc3cc(C(=O)N(CCC(=O)Oc4ccccc4SC)c4ccccn4)ccc3n2C)cc1. The van der Waals surface area contributed by atoms with Crippen molar-refractivity contribution in [1.82, 2.24) is 14.5 Å². The molecule has 5 aromatic rings. The first-order valence-electron chi connectivity index (χ1n) is 17.1. The first-order chi connectivity index (χ1) is 25.3. The van der Waals surface area contributed by atoms with Crippen molar-refractivity contribution in [3.05, 3.63) is 108 Å². The van der Waals surface area contributed by atoms with Crippen LogP contribution in [-0.2, 0) is 23.1 Å². The lowest BCUT2D eigenvalue weighted by Crippen LogP contribution is -2.34. The van der Waals surface area contributed by atoms with Crippen molar-refractivity contribution in [1.29, 1.82) is 0 Å². The Morgan fingerprint density at radius 1 is 0.962 bits per heavy atom. The number of carbonyl (C=O) groups is 3. The van der Waals surface area contributed by atoms with Crippen LogP contribution >= 0.6 is 11.8 Å². The van der Waals surface area contributed by atoms with E-state index in [-0.39, 0.29) is 24.7 Å². The Morgan fingerprint density at radius 3 is 2.48 bits per heavy atom. The van der Waals surface area contributed by atoms with Crippen LogP contribution in [0.2, 0.25) is 0 Å². The topological polar surface area (TPSA) is 154 Å². The molecule has 0 aliphatic rings. The number of hydrogen-bond acceptors (Lipinski definition) is 9. The molecule has 0 aliphatic carbocycles. The van der Waals surface area contributed by atoms with E-state index >= 15 is 0 Å². The number of nitrogens with two attached hydrogens (primary N) is 1. The molecule has 3 N–H and O–H groups in total. The minimum atomic E-state index is -0.694. The first kappa shape index (κ1) is 37.6. The lowest BCUT2D eigenvalue weighted by molar-refractivity contribution is -0.134. The zero-order valence-electron chi connectivity index (χ0n) is 29.6. The highest BCUT2D eigenvalue weighted by Crippen LogP contribution is 2.27. The number of nitrogens with one attached hydrogen (secondary N) is 1. The van der Waals surface area contributed by atoms with E-state index in [1.807, 2.05) is 54.3 Å². The molecule has 5 rings (SSSR count). The molecule has 2 heterocycles. The summed E-state index contributed by atoms with van der Waals surface area (Å²) in [5.74, 6) is 0.983. The van der Waals surface area contributed by atoms with Crippen LogP contribution in [0.25, 0.3) is 11.0 Å². The molecule has 52 heavy (non-hydrogen) atoms. The number of nitrogens with zero attached hydrogens (tertiary/aromatic N) is 5. The third-order valence-corrected chi connectivity index (χ3v) is 9.07. The fraction of sp³-hybridized carbons (Fsp3) is 0.282. The van der Waals surface area contributed by atoms with E-state index in [1.54, 1.807) is 54.7 Å². The Kier molecular flexibility index (Phi) is 13.4. The number of esters is 1. The molecule has 2 amide bonds. The van der Waals surface area contributed by atoms with Crippen LogP contribution in [0.4, 0.5) is 16.3 Å². The number of fused-ring (bicyclic) bond motifs is 1. The van der Waals surface area contributed by atoms with Crippen LogP contribution in [0, 0.1) is 0 Å². The van der Waals surface area contributed by atoms with Gasteiger partial charge in [0.15, 0.2) is 0 Å². The second-order valence-electron chi connectivity index (χ2n) is 11.9. The van der Waals surface area contributed by atoms with Gasteiger partial charge in [-0.05, 0) is 79.4 Å². The van der Waals surface area contributed by atoms with Crippen molar-refractivity contribution in [2.24, 2.45) is 17.8 Å². The number of amides is 2. The summed E-state index contributed by atoms with van der Waals surface area (Å²) < 4.78 is 12.7. The Morgan fingerprint density at radius 2 is 1.73 bits per heavy atom. The predicted octanol–water partition coefficient (Wildman–Crippen LogP) is 7.37. The zero-order chi connectivity index (χ0) is 36.9. The standard InChI is InChI=1S/C39H43N7O5S/c1-4-5-6-11-24-50-39(49)44-37(40)27-15-18-29(19-16-27)42-26-35-43-30-25-28(17-20-31(30)45(35)2)38(48)46(34-14-9-10-22-41-34)23-21-36(47)51-32-12-7-8-13-33(32)52-3/h7-10,12-20,22,25,42H,4-6,11,21,23-24,26H2,1-3H3,(H2,40,44,49). The Bertz CT molecular complexity index is 2020. The molecule has 0 bridgehead atoms. The number of para-hydroxylation sites is 1. The van der Waals surface area contributed by atoms with Gasteiger partial charge in [0.1, 0.15) is 23.2 Å². The van der Waals surface area contributed by atoms with Gasteiger partial charge in [-0.3, -0.25) is 14.5 Å². The summed E-state index contributed by atoms with van der Waals surface area (Å²) in [6, 6.07) is 25.2. The van der Waals surface area contributed by atoms with E-state index in [2.05, 4.69) is 22.2 Å². The molecular weight excluding hydrogens is 679 g/mol. The summed E-state index contributed by atoms with van der Waals surface area (Å²) >= 11 is 1.49. The summed E-state index contributed by atoms with van der Waals surface area (Å²) in [6.45, 7) is 2.93. The molecule has 0 fully saturated rings. The molecule has 2 aromatic heterocycles. The molecule has 0 atom stereocenters. The molecule has 0 radical (unpaired) electrons. The van der Waals surface area contributed by atoms with Crippen LogP contribution in [0.3, 0.4) is 0 Å². The normalized spacial score (nSPS) is 11.3. The third kappa shape index (κ3) is 9.97. The fourth-order valence-corrected chi connectivity index (χ4v) is 5.96. The largest absolute Gasteiger partial charge is 0.448 e. The van der Waals surface area contributed by atoms with Gasteiger partial charge in [-0.1, -0.05) is 44.4 Å². The van der Waals surface area contributed by atoms with E-state index in [0.717, 1.165) is 47.6 Å². The molecule has 270 valence electrons. The fourth-order valence-electron chi connectivity index (χ4n) is 5.43. The van der Waals surface area contributed by atoms with E-state index in [4.69, 9.17) is 20.2 Å². The number of aryl methyl sites for hydroxylation is 1. The number of aliphatic imine (C=N–C) groups is 1. The maximum atomic E-state index is 13.9. The number of hydrogen-bond donors (Lipinski definition) is 2. The van der Waals surface area contributed by atoms with E-state index in [9.17, 15) is 14.4 Å². The van der Waals surface area contributed by atoms with Crippen LogP contribution in [0.15, 0.2) is 101 Å². The summed E-state index contributed by atoms with van der Waals surface area (Å²) in [7, 11) is 1.91. The average Bonchev–Trinajstić information content (AvgIpc) is 3.48. The number of thioether (sulfide) groups is 1. The molecule has 0 spiro atoms. The average molecular weight is 722 g/mol.